The van der Waals surface area contributed by atoms with Gasteiger partial charge in [-0.2, -0.15) is 5.10 Å². The molecule has 0 aromatic carbocycles. The molecule has 1 saturated carbocycles. The van der Waals surface area contributed by atoms with E-state index in [1.807, 2.05) is 18.7 Å². The van der Waals surface area contributed by atoms with Crippen LogP contribution >= 0.6 is 15.9 Å². The second-order valence-corrected chi connectivity index (χ2v) is 6.87. The zero-order valence-electron chi connectivity index (χ0n) is 13.7. The molecule has 1 fully saturated rings. The van der Waals surface area contributed by atoms with E-state index in [0.29, 0.717) is 6.04 Å². The fraction of sp³-hybridized carbons (Fsp3) is 0.812. The molecule has 0 saturated heterocycles. The van der Waals surface area contributed by atoms with Crippen molar-refractivity contribution in [2.45, 2.75) is 64.0 Å². The Morgan fingerprint density at radius 2 is 2.05 bits per heavy atom. The third-order valence-electron chi connectivity index (χ3n) is 4.77. The van der Waals surface area contributed by atoms with E-state index >= 15 is 0 Å². The standard InChI is InChI=1S/C16H28BrN3O/c1-5-21-16(9-7-6-8-10-16)14(18-3)11-13-15(17)12(2)19-20(13)4/h14,18H,5-11H2,1-4H3. The molecular formula is C16H28BrN3O. The molecule has 1 heterocycles. The number of aromatic nitrogens is 2. The quantitative estimate of drug-likeness (QED) is 0.848. The molecular weight excluding hydrogens is 330 g/mol. The lowest BCUT2D eigenvalue weighted by atomic mass is 9.77. The fourth-order valence-corrected chi connectivity index (χ4v) is 4.18. The summed E-state index contributed by atoms with van der Waals surface area (Å²) in [6.07, 6.45) is 7.11. The highest BCUT2D eigenvalue weighted by atomic mass is 79.9. The Morgan fingerprint density at radius 1 is 1.38 bits per heavy atom. The van der Waals surface area contributed by atoms with E-state index < -0.39 is 0 Å². The van der Waals surface area contributed by atoms with Crippen LogP contribution in [0.3, 0.4) is 0 Å². The Balaban J connectivity index is 2.24. The van der Waals surface area contributed by atoms with Gasteiger partial charge >= 0.3 is 0 Å². The largest absolute Gasteiger partial charge is 0.374 e. The minimum absolute atomic E-state index is 0.0284. The van der Waals surface area contributed by atoms with Crippen LogP contribution < -0.4 is 5.32 Å². The molecule has 0 amide bonds. The lowest BCUT2D eigenvalue weighted by Gasteiger charge is -2.43. The summed E-state index contributed by atoms with van der Waals surface area (Å²) in [4.78, 5) is 0. The van der Waals surface area contributed by atoms with E-state index in [1.165, 1.54) is 25.0 Å². The summed E-state index contributed by atoms with van der Waals surface area (Å²) < 4.78 is 9.40. The summed E-state index contributed by atoms with van der Waals surface area (Å²) >= 11 is 3.69. The lowest BCUT2D eigenvalue weighted by molar-refractivity contribution is -0.0886. The van der Waals surface area contributed by atoms with Crippen LogP contribution in [0.25, 0.3) is 0 Å². The van der Waals surface area contributed by atoms with Crippen LogP contribution in [0.1, 0.15) is 50.4 Å². The number of hydrogen-bond donors (Lipinski definition) is 1. The first-order valence-electron chi connectivity index (χ1n) is 8.03. The topological polar surface area (TPSA) is 39.1 Å². The summed E-state index contributed by atoms with van der Waals surface area (Å²) in [6, 6.07) is 0.323. The van der Waals surface area contributed by atoms with Crippen molar-refractivity contribution in [2.75, 3.05) is 13.7 Å². The smallest absolute Gasteiger partial charge is 0.0838 e. The first kappa shape index (κ1) is 17.0. The van der Waals surface area contributed by atoms with Crippen LogP contribution in [0.2, 0.25) is 0 Å². The van der Waals surface area contributed by atoms with Crippen molar-refractivity contribution in [2.24, 2.45) is 7.05 Å². The molecule has 1 atom stereocenters. The molecule has 1 aliphatic rings. The summed E-state index contributed by atoms with van der Waals surface area (Å²) in [5, 5.41) is 8.04. The van der Waals surface area contributed by atoms with Crippen LogP contribution in [0.4, 0.5) is 0 Å². The van der Waals surface area contributed by atoms with Gasteiger partial charge in [-0.05, 0) is 49.7 Å². The first-order valence-corrected chi connectivity index (χ1v) is 8.82. The second-order valence-electron chi connectivity index (χ2n) is 6.07. The van der Waals surface area contributed by atoms with E-state index in [0.717, 1.165) is 36.0 Å². The van der Waals surface area contributed by atoms with Crippen molar-refractivity contribution < 1.29 is 4.74 Å². The Labute approximate surface area is 136 Å². The van der Waals surface area contributed by atoms with Gasteiger partial charge in [0.25, 0.3) is 0 Å². The average Bonchev–Trinajstić information content (AvgIpc) is 2.71. The summed E-state index contributed by atoms with van der Waals surface area (Å²) in [6.45, 7) is 4.93. The zero-order valence-corrected chi connectivity index (χ0v) is 15.3. The van der Waals surface area contributed by atoms with Gasteiger partial charge < -0.3 is 10.1 Å². The van der Waals surface area contributed by atoms with Gasteiger partial charge in [0.1, 0.15) is 0 Å². The molecule has 1 unspecified atom stereocenters. The molecule has 4 nitrogen and oxygen atoms in total. The number of hydrogen-bond acceptors (Lipinski definition) is 3. The molecule has 21 heavy (non-hydrogen) atoms. The van der Waals surface area contributed by atoms with Gasteiger partial charge in [-0.25, -0.2) is 0 Å². The zero-order chi connectivity index (χ0) is 15.5. The normalized spacial score (nSPS) is 19.7. The fourth-order valence-electron chi connectivity index (χ4n) is 3.68. The van der Waals surface area contributed by atoms with Gasteiger partial charge in [-0.15, -0.1) is 0 Å². The molecule has 0 bridgehead atoms. The van der Waals surface area contributed by atoms with Gasteiger partial charge in [-0.1, -0.05) is 19.3 Å². The van der Waals surface area contributed by atoms with E-state index in [4.69, 9.17) is 4.74 Å². The molecule has 1 aliphatic carbocycles. The molecule has 0 spiro atoms. The van der Waals surface area contributed by atoms with Crippen LogP contribution in [-0.2, 0) is 18.2 Å². The van der Waals surface area contributed by atoms with Crippen molar-refractivity contribution in [3.8, 4) is 0 Å². The molecule has 120 valence electrons. The Morgan fingerprint density at radius 3 is 2.52 bits per heavy atom. The Kier molecular flexibility index (Phi) is 5.86. The minimum Gasteiger partial charge on any atom is -0.374 e. The van der Waals surface area contributed by atoms with Crippen molar-refractivity contribution in [1.82, 2.24) is 15.1 Å². The number of nitrogens with zero attached hydrogens (tertiary/aromatic N) is 2. The number of halogens is 1. The summed E-state index contributed by atoms with van der Waals surface area (Å²) in [5.74, 6) is 0. The highest BCUT2D eigenvalue weighted by Crippen LogP contribution is 2.36. The van der Waals surface area contributed by atoms with Gasteiger partial charge in [0.2, 0.25) is 0 Å². The number of likely N-dealkylation sites (N-methyl/N-ethyl adjacent to an activating group) is 1. The Hall–Kier alpha value is -0.390. The highest BCUT2D eigenvalue weighted by Gasteiger charge is 2.40. The molecule has 0 aliphatic heterocycles. The predicted molar refractivity (Wildman–Crippen MR) is 89.6 cm³/mol. The van der Waals surface area contributed by atoms with Crippen LogP contribution in [0.5, 0.6) is 0 Å². The van der Waals surface area contributed by atoms with Crippen LogP contribution in [0.15, 0.2) is 4.47 Å². The number of ether oxygens (including phenoxy) is 1. The number of aryl methyl sites for hydroxylation is 2. The maximum atomic E-state index is 6.27. The number of rotatable bonds is 6. The van der Waals surface area contributed by atoms with E-state index in [1.54, 1.807) is 0 Å². The van der Waals surface area contributed by atoms with E-state index in [2.05, 4.69) is 40.3 Å². The van der Waals surface area contributed by atoms with E-state index in [-0.39, 0.29) is 5.60 Å². The molecule has 0 radical (unpaired) electrons. The van der Waals surface area contributed by atoms with Crippen molar-refractivity contribution in [3.63, 3.8) is 0 Å². The van der Waals surface area contributed by atoms with E-state index in [9.17, 15) is 0 Å². The number of nitrogens with one attached hydrogen (secondary N) is 1. The second kappa shape index (κ2) is 7.25. The highest BCUT2D eigenvalue weighted by molar-refractivity contribution is 9.10. The van der Waals surface area contributed by atoms with Gasteiger partial charge in [0.05, 0.1) is 21.5 Å². The Bertz CT molecular complexity index is 461. The third kappa shape index (κ3) is 3.51. The lowest BCUT2D eigenvalue weighted by Crippen LogP contribution is -2.54. The third-order valence-corrected chi connectivity index (χ3v) is 5.81. The van der Waals surface area contributed by atoms with Crippen molar-refractivity contribution in [1.29, 1.82) is 0 Å². The van der Waals surface area contributed by atoms with Crippen molar-refractivity contribution in [3.05, 3.63) is 15.9 Å². The van der Waals surface area contributed by atoms with Crippen molar-refractivity contribution >= 4 is 15.9 Å². The molecule has 1 aromatic rings. The maximum Gasteiger partial charge on any atom is 0.0838 e. The molecule has 1 aromatic heterocycles. The monoisotopic (exact) mass is 357 g/mol. The first-order chi connectivity index (χ1) is 10.0. The maximum absolute atomic E-state index is 6.27. The molecule has 5 heteroatoms. The average molecular weight is 358 g/mol. The summed E-state index contributed by atoms with van der Waals surface area (Å²) in [5.41, 5.74) is 2.27. The SMILES string of the molecule is CCOC1(C(Cc2c(Br)c(C)nn2C)NC)CCCCC1. The van der Waals surface area contributed by atoms with Gasteiger partial charge in [0, 0.05) is 26.1 Å². The predicted octanol–water partition coefficient (Wildman–Crippen LogP) is 3.36. The molecule has 2 rings (SSSR count). The molecule has 1 N–H and O–H groups in total. The van der Waals surface area contributed by atoms with Gasteiger partial charge in [0.15, 0.2) is 0 Å². The summed E-state index contributed by atoms with van der Waals surface area (Å²) in [7, 11) is 4.07. The minimum atomic E-state index is -0.0284. The van der Waals surface area contributed by atoms with Crippen LogP contribution in [-0.4, -0.2) is 35.1 Å². The van der Waals surface area contributed by atoms with Crippen LogP contribution in [0, 0.1) is 6.92 Å². The van der Waals surface area contributed by atoms with Gasteiger partial charge in [-0.3, -0.25) is 4.68 Å².